The van der Waals surface area contributed by atoms with E-state index in [0.717, 1.165) is 18.6 Å². The number of aromatic nitrogens is 1. The maximum absolute atomic E-state index is 12.4. The maximum Gasteiger partial charge on any atom is 0.257 e. The summed E-state index contributed by atoms with van der Waals surface area (Å²) >= 11 is 0. The zero-order chi connectivity index (χ0) is 16.7. The molecule has 0 radical (unpaired) electrons. The van der Waals surface area contributed by atoms with E-state index in [1.807, 2.05) is 30.3 Å². The van der Waals surface area contributed by atoms with E-state index in [9.17, 15) is 4.79 Å². The molecular formula is C18H24N2O3. The van der Waals surface area contributed by atoms with E-state index in [2.05, 4.69) is 24.3 Å². The molecule has 0 aliphatic rings. The van der Waals surface area contributed by atoms with Gasteiger partial charge >= 0.3 is 0 Å². The second kappa shape index (κ2) is 8.48. The Morgan fingerprint density at radius 3 is 2.74 bits per heavy atom. The molecule has 0 fully saturated rings. The minimum absolute atomic E-state index is 0.161. The summed E-state index contributed by atoms with van der Waals surface area (Å²) in [6.07, 6.45) is 0.781. The molecule has 124 valence electrons. The van der Waals surface area contributed by atoms with E-state index < -0.39 is 0 Å². The first-order valence-electron chi connectivity index (χ1n) is 7.97. The molecule has 0 spiro atoms. The summed E-state index contributed by atoms with van der Waals surface area (Å²) in [5.74, 6) is 0.890. The van der Waals surface area contributed by atoms with E-state index in [1.54, 1.807) is 6.92 Å². The molecule has 5 nitrogen and oxygen atoms in total. The zero-order valence-corrected chi connectivity index (χ0v) is 14.0. The largest absolute Gasteiger partial charge is 0.381 e. The predicted molar refractivity (Wildman–Crippen MR) is 89.3 cm³/mol. The van der Waals surface area contributed by atoms with Crippen LogP contribution in [-0.2, 0) is 4.74 Å². The van der Waals surface area contributed by atoms with Crippen LogP contribution in [0.3, 0.4) is 0 Å². The Balaban J connectivity index is 1.91. The number of aryl methyl sites for hydroxylation is 1. The van der Waals surface area contributed by atoms with Crippen molar-refractivity contribution in [2.75, 3.05) is 19.8 Å². The van der Waals surface area contributed by atoms with Crippen LogP contribution in [0.15, 0.2) is 34.9 Å². The first kappa shape index (κ1) is 17.2. The fourth-order valence-electron chi connectivity index (χ4n) is 2.22. The Labute approximate surface area is 137 Å². The Morgan fingerprint density at radius 2 is 2.04 bits per heavy atom. The lowest BCUT2D eigenvalue weighted by molar-refractivity contribution is 0.0924. The van der Waals surface area contributed by atoms with Gasteiger partial charge in [0.2, 0.25) is 0 Å². The van der Waals surface area contributed by atoms with Gasteiger partial charge in [0.25, 0.3) is 5.91 Å². The van der Waals surface area contributed by atoms with E-state index in [0.29, 0.717) is 36.1 Å². The Bertz CT molecular complexity index is 620. The first-order chi connectivity index (χ1) is 11.1. The lowest BCUT2D eigenvalue weighted by atomic mass is 10.1. The van der Waals surface area contributed by atoms with Crippen molar-refractivity contribution >= 4 is 5.91 Å². The molecular weight excluding hydrogens is 292 g/mol. The molecule has 23 heavy (non-hydrogen) atoms. The van der Waals surface area contributed by atoms with Crippen molar-refractivity contribution in [3.8, 4) is 11.3 Å². The average Bonchev–Trinajstić information content (AvgIpc) is 2.93. The van der Waals surface area contributed by atoms with Gasteiger partial charge in [0.05, 0.1) is 0 Å². The van der Waals surface area contributed by atoms with Crippen molar-refractivity contribution in [1.29, 1.82) is 0 Å². The van der Waals surface area contributed by atoms with Gasteiger partial charge in [0, 0.05) is 25.3 Å². The molecule has 0 aliphatic heterocycles. The number of rotatable bonds is 8. The molecule has 5 heteroatoms. The molecule has 1 amide bonds. The SMILES string of the molecule is Cc1onc(-c2ccccc2)c1C(=O)NCCCOCC(C)C. The highest BCUT2D eigenvalue weighted by Gasteiger charge is 2.20. The number of ether oxygens (including phenoxy) is 1. The highest BCUT2D eigenvalue weighted by Crippen LogP contribution is 2.24. The summed E-state index contributed by atoms with van der Waals surface area (Å²) < 4.78 is 10.7. The van der Waals surface area contributed by atoms with Crippen LogP contribution in [0.1, 0.15) is 36.4 Å². The van der Waals surface area contributed by atoms with Gasteiger partial charge in [-0.15, -0.1) is 0 Å². The third kappa shape index (κ3) is 4.93. The number of carbonyl (C=O) groups is 1. The summed E-state index contributed by atoms with van der Waals surface area (Å²) in [7, 11) is 0. The molecule has 2 rings (SSSR count). The molecule has 1 N–H and O–H groups in total. The fourth-order valence-corrected chi connectivity index (χ4v) is 2.22. The molecule has 0 atom stereocenters. The van der Waals surface area contributed by atoms with Crippen molar-refractivity contribution in [3.63, 3.8) is 0 Å². The van der Waals surface area contributed by atoms with Crippen LogP contribution in [0.2, 0.25) is 0 Å². The molecule has 1 aromatic heterocycles. The Morgan fingerprint density at radius 1 is 1.30 bits per heavy atom. The molecule has 1 heterocycles. The molecule has 2 aromatic rings. The van der Waals surface area contributed by atoms with Crippen molar-refractivity contribution in [2.45, 2.75) is 27.2 Å². The van der Waals surface area contributed by atoms with Crippen molar-refractivity contribution in [2.24, 2.45) is 5.92 Å². The highest BCUT2D eigenvalue weighted by atomic mass is 16.5. The second-order valence-electron chi connectivity index (χ2n) is 5.91. The molecule has 0 bridgehead atoms. The summed E-state index contributed by atoms with van der Waals surface area (Å²) in [6, 6.07) is 9.56. The summed E-state index contributed by atoms with van der Waals surface area (Å²) in [5.41, 5.74) is 1.95. The smallest absolute Gasteiger partial charge is 0.257 e. The van der Waals surface area contributed by atoms with Crippen LogP contribution in [0.5, 0.6) is 0 Å². The normalized spacial score (nSPS) is 11.0. The van der Waals surface area contributed by atoms with Crippen molar-refractivity contribution < 1.29 is 14.1 Å². The monoisotopic (exact) mass is 316 g/mol. The lowest BCUT2D eigenvalue weighted by Gasteiger charge is -2.08. The Kier molecular flexibility index (Phi) is 6.35. The quantitative estimate of drug-likeness (QED) is 0.758. The molecule has 0 saturated carbocycles. The Hall–Kier alpha value is -2.14. The first-order valence-corrected chi connectivity index (χ1v) is 7.97. The highest BCUT2D eigenvalue weighted by molar-refractivity contribution is 6.00. The minimum Gasteiger partial charge on any atom is -0.381 e. The molecule has 0 saturated heterocycles. The predicted octanol–water partition coefficient (Wildman–Crippen LogP) is 3.44. The van der Waals surface area contributed by atoms with Crippen molar-refractivity contribution in [3.05, 3.63) is 41.7 Å². The third-order valence-electron chi connectivity index (χ3n) is 3.34. The molecule has 0 aliphatic carbocycles. The second-order valence-corrected chi connectivity index (χ2v) is 5.91. The number of amides is 1. The molecule has 0 unspecified atom stereocenters. The van der Waals surface area contributed by atoms with Gasteiger partial charge in [0.15, 0.2) is 0 Å². The number of nitrogens with one attached hydrogen (secondary N) is 1. The van der Waals surface area contributed by atoms with Gasteiger partial charge in [-0.25, -0.2) is 0 Å². The average molecular weight is 316 g/mol. The zero-order valence-electron chi connectivity index (χ0n) is 14.0. The number of benzene rings is 1. The van der Waals surface area contributed by atoms with E-state index in [1.165, 1.54) is 0 Å². The van der Waals surface area contributed by atoms with Gasteiger partial charge in [-0.2, -0.15) is 0 Å². The van der Waals surface area contributed by atoms with Gasteiger partial charge < -0.3 is 14.6 Å². The number of nitrogens with zero attached hydrogens (tertiary/aromatic N) is 1. The van der Waals surface area contributed by atoms with Gasteiger partial charge in [-0.3, -0.25) is 4.79 Å². The van der Waals surface area contributed by atoms with Crippen LogP contribution >= 0.6 is 0 Å². The van der Waals surface area contributed by atoms with Crippen LogP contribution in [0, 0.1) is 12.8 Å². The van der Waals surface area contributed by atoms with Crippen LogP contribution in [-0.4, -0.2) is 30.8 Å². The van der Waals surface area contributed by atoms with Crippen molar-refractivity contribution in [1.82, 2.24) is 10.5 Å². The van der Waals surface area contributed by atoms with E-state index in [-0.39, 0.29) is 5.91 Å². The number of carbonyl (C=O) groups excluding carboxylic acids is 1. The van der Waals surface area contributed by atoms with E-state index in [4.69, 9.17) is 9.26 Å². The fraction of sp³-hybridized carbons (Fsp3) is 0.444. The van der Waals surface area contributed by atoms with Crippen LogP contribution in [0.4, 0.5) is 0 Å². The standard InChI is InChI=1S/C18H24N2O3/c1-13(2)12-22-11-7-10-19-18(21)16-14(3)23-20-17(16)15-8-5-4-6-9-15/h4-6,8-9,13H,7,10-12H2,1-3H3,(H,19,21). The summed E-state index contributed by atoms with van der Waals surface area (Å²) in [5, 5.41) is 6.93. The van der Waals surface area contributed by atoms with Crippen LogP contribution in [0.25, 0.3) is 11.3 Å². The summed E-state index contributed by atoms with van der Waals surface area (Å²) in [4.78, 5) is 12.4. The summed E-state index contributed by atoms with van der Waals surface area (Å²) in [6.45, 7) is 7.93. The van der Waals surface area contributed by atoms with E-state index >= 15 is 0 Å². The third-order valence-corrected chi connectivity index (χ3v) is 3.34. The van der Waals surface area contributed by atoms with Gasteiger partial charge in [-0.1, -0.05) is 49.3 Å². The lowest BCUT2D eigenvalue weighted by Crippen LogP contribution is -2.26. The topological polar surface area (TPSA) is 64.4 Å². The van der Waals surface area contributed by atoms with Gasteiger partial charge in [-0.05, 0) is 19.3 Å². The van der Waals surface area contributed by atoms with Crippen LogP contribution < -0.4 is 5.32 Å². The number of hydrogen-bond acceptors (Lipinski definition) is 4. The maximum atomic E-state index is 12.4. The van der Waals surface area contributed by atoms with Gasteiger partial charge in [0.1, 0.15) is 17.0 Å². The number of hydrogen-bond donors (Lipinski definition) is 1. The minimum atomic E-state index is -0.161. The molecule has 1 aromatic carbocycles.